The van der Waals surface area contributed by atoms with Crippen LogP contribution in [0.1, 0.15) is 17.0 Å². The van der Waals surface area contributed by atoms with Crippen molar-refractivity contribution in [3.63, 3.8) is 0 Å². The van der Waals surface area contributed by atoms with Crippen LogP contribution >= 0.6 is 11.6 Å². The van der Waals surface area contributed by atoms with E-state index in [-0.39, 0.29) is 5.92 Å². The standard InChI is InChI=1S/C14H15ClN2/c15-14-6-2-1-4-11(14)8-13(9-16)12-5-3-7-17-10-12/h1-7,10,13H,8-9,16H2. The maximum Gasteiger partial charge on any atom is 0.0438 e. The predicted octanol–water partition coefficient (Wildman–Crippen LogP) is 3.02. The van der Waals surface area contributed by atoms with Gasteiger partial charge in [0.1, 0.15) is 0 Å². The minimum Gasteiger partial charge on any atom is -0.330 e. The van der Waals surface area contributed by atoms with Gasteiger partial charge in [-0.2, -0.15) is 0 Å². The van der Waals surface area contributed by atoms with Gasteiger partial charge >= 0.3 is 0 Å². The van der Waals surface area contributed by atoms with Crippen LogP contribution in [-0.2, 0) is 6.42 Å². The van der Waals surface area contributed by atoms with E-state index < -0.39 is 0 Å². The van der Waals surface area contributed by atoms with Crippen molar-refractivity contribution in [2.45, 2.75) is 12.3 Å². The summed E-state index contributed by atoms with van der Waals surface area (Å²) in [5, 5.41) is 0.801. The summed E-state index contributed by atoms with van der Waals surface area (Å²) in [5.41, 5.74) is 8.13. The molecule has 88 valence electrons. The molecule has 1 unspecified atom stereocenters. The maximum absolute atomic E-state index is 6.16. The average molecular weight is 247 g/mol. The van der Waals surface area contributed by atoms with Crippen LogP contribution in [0.15, 0.2) is 48.8 Å². The lowest BCUT2D eigenvalue weighted by atomic mass is 9.93. The van der Waals surface area contributed by atoms with Crippen LogP contribution < -0.4 is 5.73 Å². The molecule has 0 saturated carbocycles. The van der Waals surface area contributed by atoms with E-state index in [4.69, 9.17) is 17.3 Å². The Hall–Kier alpha value is -1.38. The van der Waals surface area contributed by atoms with Crippen molar-refractivity contribution >= 4 is 11.6 Å². The molecular formula is C14H15ClN2. The Balaban J connectivity index is 2.19. The van der Waals surface area contributed by atoms with Crippen molar-refractivity contribution in [3.05, 3.63) is 64.9 Å². The number of hydrogen-bond donors (Lipinski definition) is 1. The van der Waals surface area contributed by atoms with Crippen LogP contribution in [0.2, 0.25) is 5.02 Å². The Morgan fingerprint density at radius 2 is 2.00 bits per heavy atom. The first-order valence-corrected chi connectivity index (χ1v) is 6.02. The minimum atomic E-state index is 0.267. The number of aromatic nitrogens is 1. The van der Waals surface area contributed by atoms with Gasteiger partial charge in [-0.15, -0.1) is 0 Å². The van der Waals surface area contributed by atoms with Crippen LogP contribution in [0.3, 0.4) is 0 Å². The highest BCUT2D eigenvalue weighted by Crippen LogP contribution is 2.23. The summed E-state index contributed by atoms with van der Waals surface area (Å²) >= 11 is 6.16. The molecule has 1 heterocycles. The second kappa shape index (κ2) is 5.80. The first-order chi connectivity index (χ1) is 8.31. The van der Waals surface area contributed by atoms with E-state index in [0.717, 1.165) is 22.6 Å². The van der Waals surface area contributed by atoms with Gasteiger partial charge in [-0.1, -0.05) is 35.9 Å². The molecule has 1 atom stereocenters. The fraction of sp³-hybridized carbons (Fsp3) is 0.214. The normalized spacial score (nSPS) is 12.4. The Kier molecular flexibility index (Phi) is 4.13. The quantitative estimate of drug-likeness (QED) is 0.901. The third-order valence-electron chi connectivity index (χ3n) is 2.86. The zero-order chi connectivity index (χ0) is 12.1. The highest BCUT2D eigenvalue weighted by Gasteiger charge is 2.12. The van der Waals surface area contributed by atoms with Gasteiger partial charge in [0.2, 0.25) is 0 Å². The molecular weight excluding hydrogens is 232 g/mol. The largest absolute Gasteiger partial charge is 0.330 e. The SMILES string of the molecule is NCC(Cc1ccccc1Cl)c1cccnc1. The molecule has 2 nitrogen and oxygen atoms in total. The number of hydrogen-bond acceptors (Lipinski definition) is 2. The number of nitrogens with two attached hydrogens (primary N) is 1. The molecule has 0 amide bonds. The van der Waals surface area contributed by atoms with Gasteiger partial charge in [-0.3, -0.25) is 4.98 Å². The van der Waals surface area contributed by atoms with Gasteiger partial charge in [0, 0.05) is 23.3 Å². The molecule has 0 spiro atoms. The van der Waals surface area contributed by atoms with E-state index in [2.05, 4.69) is 11.1 Å². The lowest BCUT2D eigenvalue weighted by Crippen LogP contribution is -2.15. The van der Waals surface area contributed by atoms with Crippen LogP contribution in [0.4, 0.5) is 0 Å². The van der Waals surface area contributed by atoms with Crippen LogP contribution in [0, 0.1) is 0 Å². The monoisotopic (exact) mass is 246 g/mol. The maximum atomic E-state index is 6.16. The van der Waals surface area contributed by atoms with Gasteiger partial charge < -0.3 is 5.73 Å². The number of benzene rings is 1. The number of rotatable bonds is 4. The Morgan fingerprint density at radius 1 is 1.18 bits per heavy atom. The van der Waals surface area contributed by atoms with Crippen LogP contribution in [-0.4, -0.2) is 11.5 Å². The molecule has 0 radical (unpaired) electrons. The first kappa shape index (κ1) is 12.1. The molecule has 0 aliphatic heterocycles. The van der Waals surface area contributed by atoms with Crippen molar-refractivity contribution < 1.29 is 0 Å². The molecule has 2 rings (SSSR count). The summed E-state index contributed by atoms with van der Waals surface area (Å²) in [5.74, 6) is 0.267. The van der Waals surface area contributed by atoms with Crippen molar-refractivity contribution in [2.24, 2.45) is 5.73 Å². The third kappa shape index (κ3) is 3.05. The zero-order valence-corrected chi connectivity index (χ0v) is 10.3. The summed E-state index contributed by atoms with van der Waals surface area (Å²) < 4.78 is 0. The number of nitrogens with zero attached hydrogens (tertiary/aromatic N) is 1. The topological polar surface area (TPSA) is 38.9 Å². The lowest BCUT2D eigenvalue weighted by Gasteiger charge is -2.15. The molecule has 0 bridgehead atoms. The molecule has 3 heteroatoms. The van der Waals surface area contributed by atoms with Crippen molar-refractivity contribution in [1.82, 2.24) is 4.98 Å². The Morgan fingerprint density at radius 3 is 2.65 bits per heavy atom. The van der Waals surface area contributed by atoms with Gasteiger partial charge in [0.05, 0.1) is 0 Å². The second-order valence-electron chi connectivity index (χ2n) is 4.01. The van der Waals surface area contributed by atoms with E-state index in [1.807, 2.05) is 36.5 Å². The molecule has 1 aromatic heterocycles. The molecule has 2 aromatic rings. The van der Waals surface area contributed by atoms with E-state index >= 15 is 0 Å². The molecule has 0 aliphatic rings. The van der Waals surface area contributed by atoms with E-state index in [1.165, 1.54) is 0 Å². The summed E-state index contributed by atoms with van der Waals surface area (Å²) in [7, 11) is 0. The van der Waals surface area contributed by atoms with Crippen molar-refractivity contribution in [2.75, 3.05) is 6.54 Å². The zero-order valence-electron chi connectivity index (χ0n) is 9.51. The van der Waals surface area contributed by atoms with Gasteiger partial charge in [0.15, 0.2) is 0 Å². The minimum absolute atomic E-state index is 0.267. The average Bonchev–Trinajstić information content (AvgIpc) is 2.39. The summed E-state index contributed by atoms with van der Waals surface area (Å²) in [6.45, 7) is 0.594. The molecule has 2 N–H and O–H groups in total. The molecule has 0 aliphatic carbocycles. The molecule has 17 heavy (non-hydrogen) atoms. The molecule has 0 saturated heterocycles. The van der Waals surface area contributed by atoms with E-state index in [0.29, 0.717) is 6.54 Å². The van der Waals surface area contributed by atoms with E-state index in [1.54, 1.807) is 6.20 Å². The van der Waals surface area contributed by atoms with Crippen molar-refractivity contribution in [1.29, 1.82) is 0 Å². The highest BCUT2D eigenvalue weighted by molar-refractivity contribution is 6.31. The third-order valence-corrected chi connectivity index (χ3v) is 3.23. The van der Waals surface area contributed by atoms with Gasteiger partial charge in [-0.05, 0) is 36.2 Å². The summed E-state index contributed by atoms with van der Waals surface area (Å²) in [4.78, 5) is 4.13. The predicted molar refractivity (Wildman–Crippen MR) is 71.2 cm³/mol. The molecule has 0 fully saturated rings. The second-order valence-corrected chi connectivity index (χ2v) is 4.42. The van der Waals surface area contributed by atoms with Gasteiger partial charge in [-0.25, -0.2) is 0 Å². The first-order valence-electron chi connectivity index (χ1n) is 5.64. The number of halogens is 1. The number of pyridine rings is 1. The fourth-order valence-corrected chi connectivity index (χ4v) is 2.10. The smallest absolute Gasteiger partial charge is 0.0438 e. The van der Waals surface area contributed by atoms with Crippen LogP contribution in [0.25, 0.3) is 0 Å². The highest BCUT2D eigenvalue weighted by atomic mass is 35.5. The van der Waals surface area contributed by atoms with Gasteiger partial charge in [0.25, 0.3) is 0 Å². The Bertz CT molecular complexity index is 471. The Labute approximate surface area is 106 Å². The lowest BCUT2D eigenvalue weighted by molar-refractivity contribution is 0.691. The van der Waals surface area contributed by atoms with Crippen molar-refractivity contribution in [3.8, 4) is 0 Å². The van der Waals surface area contributed by atoms with Crippen LogP contribution in [0.5, 0.6) is 0 Å². The van der Waals surface area contributed by atoms with E-state index in [9.17, 15) is 0 Å². The molecule has 1 aromatic carbocycles. The summed E-state index contributed by atoms with van der Waals surface area (Å²) in [6, 6.07) is 11.9. The summed E-state index contributed by atoms with van der Waals surface area (Å²) in [6.07, 6.45) is 4.49. The fourth-order valence-electron chi connectivity index (χ4n) is 1.88.